The fourth-order valence-corrected chi connectivity index (χ4v) is 1.82. The molecule has 0 aliphatic heterocycles. The van der Waals surface area contributed by atoms with Crippen LogP contribution in [0.25, 0.3) is 11.3 Å². The van der Waals surface area contributed by atoms with Crippen LogP contribution in [0.15, 0.2) is 69.7 Å². The minimum Gasteiger partial charge on any atom is -0.469 e. The molecule has 0 unspecified atom stereocenters. The Morgan fingerprint density at radius 1 is 0.765 bits per heavy atom. The topological polar surface area (TPSA) is 26.3 Å². The summed E-state index contributed by atoms with van der Waals surface area (Å²) >= 11 is 0. The molecule has 0 aliphatic rings. The van der Waals surface area contributed by atoms with E-state index < -0.39 is 0 Å². The van der Waals surface area contributed by atoms with E-state index in [1.54, 1.807) is 6.26 Å². The van der Waals surface area contributed by atoms with Crippen LogP contribution in [-0.4, -0.2) is 0 Å². The second-order valence-electron chi connectivity index (χ2n) is 3.89. The van der Waals surface area contributed by atoms with E-state index in [0.717, 1.165) is 22.8 Å². The van der Waals surface area contributed by atoms with Gasteiger partial charge >= 0.3 is 0 Å². The Morgan fingerprint density at radius 3 is 2.41 bits per heavy atom. The average Bonchev–Trinajstić information content (AvgIpc) is 3.02. The Kier molecular flexibility index (Phi) is 2.54. The van der Waals surface area contributed by atoms with Crippen LogP contribution in [0.3, 0.4) is 0 Å². The lowest BCUT2D eigenvalue weighted by Crippen LogP contribution is -1.80. The van der Waals surface area contributed by atoms with Crippen molar-refractivity contribution in [2.45, 2.75) is 6.42 Å². The van der Waals surface area contributed by atoms with Crippen molar-refractivity contribution in [2.24, 2.45) is 0 Å². The summed E-state index contributed by atoms with van der Waals surface area (Å²) in [5.41, 5.74) is 1.10. The second kappa shape index (κ2) is 4.34. The lowest BCUT2D eigenvalue weighted by molar-refractivity contribution is 0.480. The van der Waals surface area contributed by atoms with Crippen molar-refractivity contribution in [3.63, 3.8) is 0 Å². The van der Waals surface area contributed by atoms with Gasteiger partial charge in [-0.3, -0.25) is 0 Å². The van der Waals surface area contributed by atoms with Crippen molar-refractivity contribution in [2.75, 3.05) is 0 Å². The Hall–Kier alpha value is -2.22. The van der Waals surface area contributed by atoms with Gasteiger partial charge in [0.1, 0.15) is 17.3 Å². The first kappa shape index (κ1) is 9.97. The largest absolute Gasteiger partial charge is 0.469 e. The summed E-state index contributed by atoms with van der Waals surface area (Å²) in [6, 6.07) is 17.9. The molecule has 2 nitrogen and oxygen atoms in total. The third-order valence-electron chi connectivity index (χ3n) is 2.65. The van der Waals surface area contributed by atoms with Crippen molar-refractivity contribution < 1.29 is 8.83 Å². The number of hydrogen-bond donors (Lipinski definition) is 0. The summed E-state index contributed by atoms with van der Waals surface area (Å²) in [6.07, 6.45) is 2.37. The molecule has 0 saturated carbocycles. The Bertz CT molecular complexity index is 576. The predicted molar refractivity (Wildman–Crippen MR) is 65.7 cm³/mol. The molecule has 0 fully saturated rings. The molecular formula is C15H12O2. The monoisotopic (exact) mass is 224 g/mol. The third-order valence-corrected chi connectivity index (χ3v) is 2.65. The van der Waals surface area contributed by atoms with Crippen molar-refractivity contribution in [1.82, 2.24) is 0 Å². The van der Waals surface area contributed by atoms with Crippen LogP contribution < -0.4 is 0 Å². The molecule has 17 heavy (non-hydrogen) atoms. The molecule has 1 aromatic carbocycles. The quantitative estimate of drug-likeness (QED) is 0.668. The lowest BCUT2D eigenvalue weighted by Gasteiger charge is -1.96. The summed E-state index contributed by atoms with van der Waals surface area (Å²) in [7, 11) is 0. The van der Waals surface area contributed by atoms with Crippen LogP contribution in [0.5, 0.6) is 0 Å². The average molecular weight is 224 g/mol. The molecule has 84 valence electrons. The zero-order valence-corrected chi connectivity index (χ0v) is 9.30. The maximum atomic E-state index is 5.78. The Morgan fingerprint density at radius 2 is 1.65 bits per heavy atom. The zero-order chi connectivity index (χ0) is 11.5. The van der Waals surface area contributed by atoms with Gasteiger partial charge in [-0.15, -0.1) is 0 Å². The summed E-state index contributed by atoms with van der Waals surface area (Å²) in [5.74, 6) is 2.73. The molecule has 0 atom stereocenters. The molecule has 3 aromatic rings. The fraction of sp³-hybridized carbons (Fsp3) is 0.0667. The van der Waals surface area contributed by atoms with Gasteiger partial charge in [-0.25, -0.2) is 0 Å². The first-order valence-corrected chi connectivity index (χ1v) is 5.58. The van der Waals surface area contributed by atoms with Crippen molar-refractivity contribution >= 4 is 0 Å². The summed E-state index contributed by atoms with van der Waals surface area (Å²) in [4.78, 5) is 0. The molecule has 2 aromatic heterocycles. The highest BCUT2D eigenvalue weighted by Gasteiger charge is 2.06. The fourth-order valence-electron chi connectivity index (χ4n) is 1.82. The first-order chi connectivity index (χ1) is 8.42. The Balaban J connectivity index is 1.84. The van der Waals surface area contributed by atoms with Crippen LogP contribution >= 0.6 is 0 Å². The van der Waals surface area contributed by atoms with E-state index in [-0.39, 0.29) is 0 Å². The van der Waals surface area contributed by atoms with Crippen LogP contribution in [0.2, 0.25) is 0 Å². The van der Waals surface area contributed by atoms with Crippen molar-refractivity contribution in [3.8, 4) is 11.3 Å². The Labute approximate surface area is 99.5 Å². The van der Waals surface area contributed by atoms with Crippen molar-refractivity contribution in [3.05, 3.63) is 72.4 Å². The van der Waals surface area contributed by atoms with E-state index in [9.17, 15) is 0 Å². The summed E-state index contributed by atoms with van der Waals surface area (Å²) < 4.78 is 11.1. The van der Waals surface area contributed by atoms with Gasteiger partial charge in [0.15, 0.2) is 0 Å². The molecule has 2 heterocycles. The van der Waals surface area contributed by atoms with Crippen LogP contribution in [0.4, 0.5) is 0 Å². The number of benzene rings is 1. The van der Waals surface area contributed by atoms with E-state index in [2.05, 4.69) is 0 Å². The highest BCUT2D eigenvalue weighted by Crippen LogP contribution is 2.23. The van der Waals surface area contributed by atoms with E-state index >= 15 is 0 Å². The molecular weight excluding hydrogens is 212 g/mol. The maximum Gasteiger partial charge on any atom is 0.134 e. The van der Waals surface area contributed by atoms with Gasteiger partial charge < -0.3 is 8.83 Å². The van der Waals surface area contributed by atoms with E-state index in [1.165, 1.54) is 0 Å². The molecule has 0 bridgehead atoms. The normalized spacial score (nSPS) is 10.6. The minimum absolute atomic E-state index is 0.694. The van der Waals surface area contributed by atoms with Gasteiger partial charge in [0.2, 0.25) is 0 Å². The number of hydrogen-bond acceptors (Lipinski definition) is 2. The summed E-state index contributed by atoms with van der Waals surface area (Å²) in [5, 5.41) is 0. The molecule has 0 aliphatic carbocycles. The van der Waals surface area contributed by atoms with Gasteiger partial charge in [-0.2, -0.15) is 0 Å². The van der Waals surface area contributed by atoms with Gasteiger partial charge in [0, 0.05) is 5.56 Å². The molecule has 0 amide bonds. The second-order valence-corrected chi connectivity index (χ2v) is 3.89. The minimum atomic E-state index is 0.694. The number of furan rings is 2. The smallest absolute Gasteiger partial charge is 0.134 e. The van der Waals surface area contributed by atoms with Gasteiger partial charge in [-0.05, 0) is 24.3 Å². The molecule has 3 rings (SSSR count). The molecule has 0 saturated heterocycles. The van der Waals surface area contributed by atoms with E-state index in [0.29, 0.717) is 6.42 Å². The molecule has 0 N–H and O–H groups in total. The van der Waals surface area contributed by atoms with Gasteiger partial charge in [-0.1, -0.05) is 30.3 Å². The van der Waals surface area contributed by atoms with Crippen molar-refractivity contribution in [1.29, 1.82) is 0 Å². The SMILES string of the molecule is c1ccc(-c2ccc(Cc3ccco3)o2)cc1. The highest BCUT2D eigenvalue weighted by atomic mass is 16.3. The summed E-state index contributed by atoms with van der Waals surface area (Å²) in [6.45, 7) is 0. The lowest BCUT2D eigenvalue weighted by atomic mass is 10.2. The van der Waals surface area contributed by atoms with E-state index in [1.807, 2.05) is 54.6 Å². The molecule has 0 spiro atoms. The maximum absolute atomic E-state index is 5.78. The van der Waals surface area contributed by atoms with Crippen LogP contribution in [0, 0.1) is 0 Å². The first-order valence-electron chi connectivity index (χ1n) is 5.58. The van der Waals surface area contributed by atoms with Gasteiger partial charge in [0.25, 0.3) is 0 Å². The standard InChI is InChI=1S/C15H12O2/c1-2-5-12(6-3-1)15-9-8-14(17-15)11-13-7-4-10-16-13/h1-10H,11H2. The third kappa shape index (κ3) is 2.16. The van der Waals surface area contributed by atoms with Crippen LogP contribution in [0.1, 0.15) is 11.5 Å². The van der Waals surface area contributed by atoms with E-state index in [4.69, 9.17) is 8.83 Å². The van der Waals surface area contributed by atoms with Gasteiger partial charge in [0.05, 0.1) is 12.7 Å². The molecule has 2 heteroatoms. The number of rotatable bonds is 3. The predicted octanol–water partition coefficient (Wildman–Crippen LogP) is 4.13. The zero-order valence-electron chi connectivity index (χ0n) is 9.30. The van der Waals surface area contributed by atoms with Crippen LogP contribution in [-0.2, 0) is 6.42 Å². The molecule has 0 radical (unpaired) electrons. The highest BCUT2D eigenvalue weighted by molar-refractivity contribution is 5.57.